The van der Waals surface area contributed by atoms with Gasteiger partial charge in [-0.05, 0) is 45.6 Å². The second-order valence-electron chi connectivity index (χ2n) is 4.47. The molecule has 1 aromatic carbocycles. The number of tetrazole rings is 1. The largest absolute Gasteiger partial charge is 0.573 e. The van der Waals surface area contributed by atoms with Crippen molar-refractivity contribution in [3.63, 3.8) is 0 Å². The topological polar surface area (TPSA) is 61.9 Å². The third kappa shape index (κ3) is 3.59. The summed E-state index contributed by atoms with van der Waals surface area (Å²) in [6, 6.07) is 8.73. The number of ether oxygens (including phenoxy) is 1. The van der Waals surface area contributed by atoms with E-state index in [9.17, 15) is 18.0 Å². The molecule has 0 aliphatic rings. The van der Waals surface area contributed by atoms with E-state index in [4.69, 9.17) is 0 Å². The fraction of sp³-hybridized carbons (Fsp3) is 0.154. The van der Waals surface area contributed by atoms with Crippen LogP contribution in [0.4, 0.5) is 13.2 Å². The third-order valence-corrected chi connectivity index (χ3v) is 3.69. The lowest BCUT2D eigenvalue weighted by Crippen LogP contribution is -2.24. The van der Waals surface area contributed by atoms with E-state index in [0.717, 1.165) is 9.36 Å². The minimum atomic E-state index is -4.73. The molecule has 10 heteroatoms. The molecular weight excluding hydrogens is 333 g/mol. The van der Waals surface area contributed by atoms with Crippen molar-refractivity contribution in [2.24, 2.45) is 0 Å². The van der Waals surface area contributed by atoms with Gasteiger partial charge in [0.15, 0.2) is 0 Å². The molecule has 0 saturated heterocycles. The molecule has 0 saturated carbocycles. The predicted molar refractivity (Wildman–Crippen MR) is 75.7 cm³/mol. The van der Waals surface area contributed by atoms with Gasteiger partial charge < -0.3 is 4.74 Å². The fourth-order valence-corrected chi connectivity index (χ4v) is 2.54. The van der Waals surface area contributed by atoms with Crippen LogP contribution >= 0.6 is 11.3 Å². The van der Waals surface area contributed by atoms with Gasteiger partial charge in [0.1, 0.15) is 10.8 Å². The number of alkyl halides is 3. The lowest BCUT2D eigenvalue weighted by atomic mass is 10.2. The van der Waals surface area contributed by atoms with Gasteiger partial charge in [-0.3, -0.25) is 0 Å². The lowest BCUT2D eigenvalue weighted by Gasteiger charge is -2.09. The van der Waals surface area contributed by atoms with Gasteiger partial charge in [0.05, 0.1) is 6.54 Å². The van der Waals surface area contributed by atoms with Crippen LogP contribution < -0.4 is 10.4 Å². The highest BCUT2D eigenvalue weighted by atomic mass is 32.1. The van der Waals surface area contributed by atoms with Crippen LogP contribution in [0.2, 0.25) is 0 Å². The summed E-state index contributed by atoms with van der Waals surface area (Å²) in [4.78, 5) is 12.2. The Hall–Kier alpha value is -2.62. The Balaban J connectivity index is 1.77. The highest BCUT2D eigenvalue weighted by molar-refractivity contribution is 7.12. The van der Waals surface area contributed by atoms with E-state index in [1.807, 2.05) is 0 Å². The molecule has 3 rings (SSSR count). The summed E-state index contributed by atoms with van der Waals surface area (Å²) in [5.74, 6) is -0.323. The zero-order valence-electron chi connectivity index (χ0n) is 11.4. The first-order chi connectivity index (χ1) is 10.9. The molecule has 23 heavy (non-hydrogen) atoms. The van der Waals surface area contributed by atoms with E-state index in [0.29, 0.717) is 10.6 Å². The standard InChI is InChI=1S/C13H9F3N4O2S/c14-13(15,16)22-10-5-3-9(4-6-10)8-19-12(21)20(18-17-19)11-2-1-7-23-11/h1-7H,8H2. The molecule has 0 aliphatic carbocycles. The molecule has 0 amide bonds. The van der Waals surface area contributed by atoms with Crippen molar-refractivity contribution in [3.8, 4) is 10.8 Å². The highest BCUT2D eigenvalue weighted by Gasteiger charge is 2.30. The van der Waals surface area contributed by atoms with Crippen molar-refractivity contribution in [1.29, 1.82) is 0 Å². The Labute approximate surface area is 131 Å². The summed E-state index contributed by atoms with van der Waals surface area (Å²) < 4.78 is 42.3. The number of halogens is 3. The number of rotatable bonds is 4. The molecular formula is C13H9F3N4O2S. The number of hydrogen-bond donors (Lipinski definition) is 0. The summed E-state index contributed by atoms with van der Waals surface area (Å²) in [6.07, 6.45) is -4.73. The first-order valence-electron chi connectivity index (χ1n) is 6.34. The van der Waals surface area contributed by atoms with E-state index >= 15 is 0 Å². The van der Waals surface area contributed by atoms with Crippen LogP contribution in [0.15, 0.2) is 46.6 Å². The quantitative estimate of drug-likeness (QED) is 0.731. The molecule has 0 atom stereocenters. The molecule has 2 heterocycles. The molecule has 0 fully saturated rings. The molecule has 0 aliphatic heterocycles. The van der Waals surface area contributed by atoms with Gasteiger partial charge in [-0.25, -0.2) is 4.79 Å². The van der Waals surface area contributed by atoms with Crippen LogP contribution in [0.5, 0.6) is 5.75 Å². The van der Waals surface area contributed by atoms with Crippen LogP contribution in [-0.2, 0) is 6.54 Å². The van der Waals surface area contributed by atoms with Crippen molar-refractivity contribution < 1.29 is 17.9 Å². The first-order valence-corrected chi connectivity index (χ1v) is 7.22. The fourth-order valence-electron chi connectivity index (χ4n) is 1.87. The van der Waals surface area contributed by atoms with E-state index < -0.39 is 12.1 Å². The number of hydrogen-bond acceptors (Lipinski definition) is 5. The summed E-state index contributed by atoms with van der Waals surface area (Å²) in [5.41, 5.74) is 0.169. The van der Waals surface area contributed by atoms with Crippen LogP contribution in [0.3, 0.4) is 0 Å². The van der Waals surface area contributed by atoms with Crippen molar-refractivity contribution in [2.75, 3.05) is 0 Å². The molecule has 2 aromatic heterocycles. The highest BCUT2D eigenvalue weighted by Crippen LogP contribution is 2.22. The van der Waals surface area contributed by atoms with Crippen molar-refractivity contribution >= 4 is 11.3 Å². The second-order valence-corrected chi connectivity index (χ2v) is 5.40. The van der Waals surface area contributed by atoms with Crippen molar-refractivity contribution in [3.05, 3.63) is 57.8 Å². The summed E-state index contributed by atoms with van der Waals surface area (Å²) in [7, 11) is 0. The smallest absolute Gasteiger partial charge is 0.406 e. The minimum absolute atomic E-state index is 0.0938. The number of thiophene rings is 1. The van der Waals surface area contributed by atoms with E-state index in [2.05, 4.69) is 15.2 Å². The van der Waals surface area contributed by atoms with Crippen molar-refractivity contribution in [1.82, 2.24) is 19.8 Å². The Morgan fingerprint density at radius 3 is 2.48 bits per heavy atom. The van der Waals surface area contributed by atoms with Crippen LogP contribution in [0, 0.1) is 0 Å². The van der Waals surface area contributed by atoms with Gasteiger partial charge in [-0.2, -0.15) is 9.36 Å². The second kappa shape index (κ2) is 5.88. The first kappa shape index (κ1) is 15.3. The van der Waals surface area contributed by atoms with Crippen molar-refractivity contribution in [2.45, 2.75) is 12.9 Å². The molecule has 0 spiro atoms. The zero-order chi connectivity index (χ0) is 16.4. The molecule has 0 N–H and O–H groups in total. The Morgan fingerprint density at radius 2 is 1.87 bits per heavy atom. The molecule has 0 unspecified atom stereocenters. The lowest BCUT2D eigenvalue weighted by molar-refractivity contribution is -0.274. The predicted octanol–water partition coefficient (Wildman–Crippen LogP) is 2.44. The van der Waals surface area contributed by atoms with E-state index in [1.54, 1.807) is 17.5 Å². The Bertz CT molecular complexity index is 837. The van der Waals surface area contributed by atoms with Gasteiger partial charge in [0, 0.05) is 0 Å². The van der Waals surface area contributed by atoms with E-state index in [1.165, 1.54) is 35.6 Å². The Morgan fingerprint density at radius 1 is 1.13 bits per heavy atom. The maximum Gasteiger partial charge on any atom is 0.573 e. The third-order valence-electron chi connectivity index (χ3n) is 2.84. The molecule has 6 nitrogen and oxygen atoms in total. The summed E-state index contributed by atoms with van der Waals surface area (Å²) in [6.45, 7) is 0.0938. The molecule has 3 aromatic rings. The summed E-state index contributed by atoms with van der Waals surface area (Å²) in [5, 5.41) is 9.98. The monoisotopic (exact) mass is 342 g/mol. The summed E-state index contributed by atoms with van der Waals surface area (Å²) >= 11 is 1.34. The van der Waals surface area contributed by atoms with Crippen LogP contribution in [-0.4, -0.2) is 26.2 Å². The maximum atomic E-state index is 12.2. The number of nitrogens with zero attached hydrogens (tertiary/aromatic N) is 4. The van der Waals surface area contributed by atoms with Gasteiger partial charge >= 0.3 is 12.1 Å². The number of benzene rings is 1. The zero-order valence-corrected chi connectivity index (χ0v) is 12.2. The average molecular weight is 342 g/mol. The van der Waals surface area contributed by atoms with Crippen LogP contribution in [0.1, 0.15) is 5.56 Å². The molecule has 0 bridgehead atoms. The van der Waals surface area contributed by atoms with Gasteiger partial charge in [-0.1, -0.05) is 12.1 Å². The Kier molecular flexibility index (Phi) is 3.90. The molecule has 0 radical (unpaired) electrons. The number of aromatic nitrogens is 4. The minimum Gasteiger partial charge on any atom is -0.406 e. The van der Waals surface area contributed by atoms with Gasteiger partial charge in [-0.15, -0.1) is 24.5 Å². The van der Waals surface area contributed by atoms with Gasteiger partial charge in [0.2, 0.25) is 0 Å². The van der Waals surface area contributed by atoms with E-state index in [-0.39, 0.29) is 12.3 Å². The van der Waals surface area contributed by atoms with Crippen LogP contribution in [0.25, 0.3) is 5.00 Å². The average Bonchev–Trinajstić information content (AvgIpc) is 3.10. The maximum absolute atomic E-state index is 12.2. The molecule has 120 valence electrons. The normalized spacial score (nSPS) is 11.6. The van der Waals surface area contributed by atoms with Gasteiger partial charge in [0.25, 0.3) is 0 Å². The SMILES string of the molecule is O=c1n(Cc2ccc(OC(F)(F)F)cc2)nnn1-c1cccs1.